The molecule has 1 aliphatic carbocycles. The Hall–Kier alpha value is -0.623. The minimum Gasteiger partial charge on any atom is -0.414 e. The number of rotatable bonds is 10. The normalized spacial score (nSPS) is 26.6. The Kier molecular flexibility index (Phi) is 8.86. The van der Waals surface area contributed by atoms with Gasteiger partial charge in [0.2, 0.25) is 0 Å². The number of nitrogens with one attached hydrogen (secondary N) is 1. The van der Waals surface area contributed by atoms with Crippen molar-refractivity contribution in [3.63, 3.8) is 0 Å². The monoisotopic (exact) mass is 532 g/mol. The van der Waals surface area contributed by atoms with Crippen molar-refractivity contribution < 1.29 is 18.6 Å². The van der Waals surface area contributed by atoms with E-state index in [1.807, 2.05) is 13.8 Å². The number of nitrogen functional groups attached to an aromatic ring is 1. The van der Waals surface area contributed by atoms with Crippen molar-refractivity contribution in [3.05, 3.63) is 5.15 Å². The first-order valence-electron chi connectivity index (χ1n) is 12.1. The standard InChI is InChI=1S/C23H41ClN4O4SSi/c1-9-12-33-21-27-19(24)16(25)20(28-21)26-14-13-15(18-17(14)31-23(5,6)32-18)29-10-11-30-34(7,8)22(2,3)4/h14-15,17-18H,9-13,25H2,1-8H3,(H,26,27,28). The number of ether oxygens (including phenoxy) is 3. The summed E-state index contributed by atoms with van der Waals surface area (Å²) in [7, 11) is -1.81. The average molecular weight is 533 g/mol. The number of fused-ring (bicyclic) bond motifs is 1. The Balaban J connectivity index is 1.67. The summed E-state index contributed by atoms with van der Waals surface area (Å²) in [6.45, 7) is 18.3. The van der Waals surface area contributed by atoms with Crippen LogP contribution in [-0.2, 0) is 18.6 Å². The molecule has 2 fully saturated rings. The summed E-state index contributed by atoms with van der Waals surface area (Å²) in [5.41, 5.74) is 6.55. The molecule has 2 aliphatic rings. The number of nitrogens with zero attached hydrogens (tertiary/aromatic N) is 2. The zero-order valence-corrected chi connectivity index (χ0v) is 24.3. The fraction of sp³-hybridized carbons (Fsp3) is 0.826. The third-order valence-electron chi connectivity index (χ3n) is 6.73. The number of anilines is 2. The van der Waals surface area contributed by atoms with Gasteiger partial charge in [-0.3, -0.25) is 0 Å². The van der Waals surface area contributed by atoms with Crippen LogP contribution in [0.1, 0.15) is 54.4 Å². The van der Waals surface area contributed by atoms with Crippen LogP contribution in [0.5, 0.6) is 0 Å². The molecule has 4 atom stereocenters. The average Bonchev–Trinajstić information content (AvgIpc) is 3.20. The van der Waals surface area contributed by atoms with Gasteiger partial charge in [-0.2, -0.15) is 0 Å². The van der Waals surface area contributed by atoms with Gasteiger partial charge in [0.1, 0.15) is 17.9 Å². The van der Waals surface area contributed by atoms with Crippen molar-refractivity contribution in [3.8, 4) is 0 Å². The SMILES string of the molecule is CCCSc1nc(Cl)c(N)c(NC2CC(OCCO[Si](C)(C)C(C)(C)C)C3OC(C)(C)OC23)n1. The Labute approximate surface area is 214 Å². The molecule has 34 heavy (non-hydrogen) atoms. The molecule has 2 heterocycles. The van der Waals surface area contributed by atoms with Crippen LogP contribution in [0.3, 0.4) is 0 Å². The molecule has 0 spiro atoms. The molecular weight excluding hydrogens is 492 g/mol. The largest absolute Gasteiger partial charge is 0.414 e. The van der Waals surface area contributed by atoms with Gasteiger partial charge in [-0.25, -0.2) is 9.97 Å². The van der Waals surface area contributed by atoms with E-state index in [4.69, 9.17) is 36.0 Å². The predicted octanol–water partition coefficient (Wildman–Crippen LogP) is 5.33. The molecule has 1 saturated carbocycles. The number of thioether (sulfide) groups is 1. The first-order valence-corrected chi connectivity index (χ1v) is 16.3. The summed E-state index contributed by atoms with van der Waals surface area (Å²) >= 11 is 7.86. The van der Waals surface area contributed by atoms with Crippen LogP contribution in [-0.4, -0.2) is 67.4 Å². The van der Waals surface area contributed by atoms with Crippen molar-refractivity contribution in [2.24, 2.45) is 0 Å². The smallest absolute Gasteiger partial charge is 0.192 e. The number of hydrogen-bond donors (Lipinski definition) is 2. The van der Waals surface area contributed by atoms with Crippen molar-refractivity contribution in [2.75, 3.05) is 30.0 Å². The zero-order chi connectivity index (χ0) is 25.3. The van der Waals surface area contributed by atoms with Crippen LogP contribution in [0.25, 0.3) is 0 Å². The lowest BCUT2D eigenvalue weighted by molar-refractivity contribution is -0.167. The summed E-state index contributed by atoms with van der Waals surface area (Å²) in [6.07, 6.45) is 1.21. The van der Waals surface area contributed by atoms with Crippen molar-refractivity contribution >= 4 is 43.2 Å². The van der Waals surface area contributed by atoms with Crippen LogP contribution in [0.15, 0.2) is 5.16 Å². The van der Waals surface area contributed by atoms with E-state index in [0.717, 1.165) is 12.2 Å². The second kappa shape index (κ2) is 10.8. The highest BCUT2D eigenvalue weighted by atomic mass is 35.5. The van der Waals surface area contributed by atoms with Gasteiger partial charge < -0.3 is 29.7 Å². The van der Waals surface area contributed by atoms with Crippen molar-refractivity contribution in [1.82, 2.24) is 9.97 Å². The quantitative estimate of drug-likeness (QED) is 0.136. The molecule has 11 heteroatoms. The molecule has 194 valence electrons. The molecule has 0 radical (unpaired) electrons. The Morgan fingerprint density at radius 1 is 1.21 bits per heavy atom. The molecular formula is C23H41ClN4O4SSi. The van der Waals surface area contributed by atoms with Gasteiger partial charge in [0.05, 0.1) is 25.4 Å². The van der Waals surface area contributed by atoms with Gasteiger partial charge in [0.25, 0.3) is 0 Å². The summed E-state index contributed by atoms with van der Waals surface area (Å²) in [6, 6.07) is -0.0876. The van der Waals surface area contributed by atoms with E-state index in [9.17, 15) is 0 Å². The second-order valence-corrected chi connectivity index (χ2v) is 17.2. The van der Waals surface area contributed by atoms with E-state index in [1.54, 1.807) is 11.8 Å². The van der Waals surface area contributed by atoms with E-state index in [0.29, 0.717) is 36.3 Å². The van der Waals surface area contributed by atoms with E-state index in [1.165, 1.54) is 0 Å². The summed E-state index contributed by atoms with van der Waals surface area (Å²) in [5.74, 6) is 0.746. The molecule has 3 N–H and O–H groups in total. The molecule has 8 nitrogen and oxygen atoms in total. The molecule has 0 bridgehead atoms. The molecule has 1 aromatic heterocycles. The molecule has 4 unspecified atom stereocenters. The van der Waals surface area contributed by atoms with Gasteiger partial charge in [-0.05, 0) is 44.8 Å². The van der Waals surface area contributed by atoms with Crippen LogP contribution < -0.4 is 11.1 Å². The first kappa shape index (κ1) is 28.0. The molecule has 1 saturated heterocycles. The lowest BCUT2D eigenvalue weighted by atomic mass is 10.2. The fourth-order valence-corrected chi connectivity index (χ4v) is 5.86. The lowest BCUT2D eigenvalue weighted by Crippen LogP contribution is -2.42. The number of halogens is 1. The summed E-state index contributed by atoms with van der Waals surface area (Å²) < 4.78 is 25.0. The highest BCUT2D eigenvalue weighted by Gasteiger charge is 2.55. The molecule has 1 aromatic rings. The van der Waals surface area contributed by atoms with Crippen molar-refractivity contribution in [2.45, 2.75) is 108 Å². The maximum Gasteiger partial charge on any atom is 0.192 e. The minimum absolute atomic E-state index is 0.0876. The zero-order valence-electron chi connectivity index (χ0n) is 21.7. The third kappa shape index (κ3) is 6.57. The lowest BCUT2D eigenvalue weighted by Gasteiger charge is -2.36. The van der Waals surface area contributed by atoms with Crippen LogP contribution in [0, 0.1) is 0 Å². The van der Waals surface area contributed by atoms with E-state index in [-0.39, 0.29) is 34.5 Å². The second-order valence-electron chi connectivity index (χ2n) is 11.0. The fourth-order valence-electron chi connectivity index (χ4n) is 3.92. The highest BCUT2D eigenvalue weighted by Crippen LogP contribution is 2.42. The van der Waals surface area contributed by atoms with E-state index < -0.39 is 14.1 Å². The number of aromatic nitrogens is 2. The Morgan fingerprint density at radius 3 is 2.53 bits per heavy atom. The third-order valence-corrected chi connectivity index (χ3v) is 12.6. The summed E-state index contributed by atoms with van der Waals surface area (Å²) in [4.78, 5) is 8.91. The van der Waals surface area contributed by atoms with Gasteiger partial charge in [-0.1, -0.05) is 51.1 Å². The molecule has 1 aliphatic heterocycles. The van der Waals surface area contributed by atoms with Crippen LogP contribution in [0.2, 0.25) is 23.3 Å². The molecule has 0 amide bonds. The topological polar surface area (TPSA) is 101 Å². The van der Waals surface area contributed by atoms with Crippen LogP contribution in [0.4, 0.5) is 11.5 Å². The maximum atomic E-state index is 6.30. The molecule has 0 aromatic carbocycles. The number of nitrogens with two attached hydrogens (primary N) is 1. The Bertz CT molecular complexity index is 855. The maximum absolute atomic E-state index is 6.30. The molecule has 3 rings (SSSR count). The Morgan fingerprint density at radius 2 is 1.88 bits per heavy atom. The summed E-state index contributed by atoms with van der Waals surface area (Å²) in [5, 5.41) is 4.49. The predicted molar refractivity (Wildman–Crippen MR) is 141 cm³/mol. The van der Waals surface area contributed by atoms with Gasteiger partial charge in [-0.15, -0.1) is 0 Å². The van der Waals surface area contributed by atoms with Gasteiger partial charge >= 0.3 is 0 Å². The van der Waals surface area contributed by atoms with Gasteiger partial charge in [0.15, 0.2) is 30.2 Å². The van der Waals surface area contributed by atoms with E-state index in [2.05, 4.69) is 56.1 Å². The van der Waals surface area contributed by atoms with Crippen LogP contribution >= 0.6 is 23.4 Å². The number of hydrogen-bond acceptors (Lipinski definition) is 9. The van der Waals surface area contributed by atoms with E-state index >= 15 is 0 Å². The first-order chi connectivity index (χ1) is 15.7. The van der Waals surface area contributed by atoms with Crippen molar-refractivity contribution in [1.29, 1.82) is 0 Å². The minimum atomic E-state index is -1.81. The van der Waals surface area contributed by atoms with Gasteiger partial charge in [0, 0.05) is 5.75 Å². The highest BCUT2D eigenvalue weighted by molar-refractivity contribution is 7.99.